The first kappa shape index (κ1) is 14.4. The van der Waals surface area contributed by atoms with Crippen molar-refractivity contribution in [3.8, 4) is 5.75 Å². The summed E-state index contributed by atoms with van der Waals surface area (Å²) in [6, 6.07) is 6.42. The van der Waals surface area contributed by atoms with E-state index in [1.807, 2.05) is 6.07 Å². The van der Waals surface area contributed by atoms with E-state index in [9.17, 15) is 4.79 Å². The lowest BCUT2D eigenvalue weighted by Gasteiger charge is -2.49. The molecular formula is C18H24O3. The number of hydrogen-bond acceptors (Lipinski definition) is 3. The molecule has 1 saturated carbocycles. The SMILES string of the molecule is COC(=O)[C@@H]1CCC[C@@]2(C)c3cc(OC)ccc3CC[C@@H]12. The molecule has 0 radical (unpaired) electrons. The van der Waals surface area contributed by atoms with Gasteiger partial charge >= 0.3 is 5.97 Å². The fourth-order valence-corrected chi connectivity index (χ4v) is 4.55. The van der Waals surface area contributed by atoms with E-state index in [0.717, 1.165) is 37.9 Å². The maximum absolute atomic E-state index is 12.2. The van der Waals surface area contributed by atoms with Crippen molar-refractivity contribution in [1.82, 2.24) is 0 Å². The Bertz CT molecular complexity index is 551. The molecule has 0 bridgehead atoms. The molecule has 0 aromatic heterocycles. The molecule has 0 amide bonds. The highest BCUT2D eigenvalue weighted by atomic mass is 16.5. The van der Waals surface area contributed by atoms with Crippen LogP contribution in [-0.4, -0.2) is 20.2 Å². The Morgan fingerprint density at radius 2 is 2.10 bits per heavy atom. The van der Waals surface area contributed by atoms with Crippen molar-refractivity contribution < 1.29 is 14.3 Å². The molecule has 3 heteroatoms. The second-order valence-corrected chi connectivity index (χ2v) is 6.61. The number of aryl methyl sites for hydroxylation is 1. The number of ether oxygens (including phenoxy) is 2. The van der Waals surface area contributed by atoms with Crippen LogP contribution >= 0.6 is 0 Å². The molecule has 1 fully saturated rings. The van der Waals surface area contributed by atoms with Gasteiger partial charge in [0, 0.05) is 0 Å². The van der Waals surface area contributed by atoms with E-state index < -0.39 is 0 Å². The number of fused-ring (bicyclic) bond motifs is 3. The van der Waals surface area contributed by atoms with Crippen molar-refractivity contribution in [2.45, 2.75) is 44.4 Å². The summed E-state index contributed by atoms with van der Waals surface area (Å²) < 4.78 is 10.5. The molecule has 0 spiro atoms. The van der Waals surface area contributed by atoms with Gasteiger partial charge in [-0.05, 0) is 60.3 Å². The molecule has 3 rings (SSSR count). The molecule has 1 aromatic rings. The van der Waals surface area contributed by atoms with Gasteiger partial charge in [-0.1, -0.05) is 19.4 Å². The van der Waals surface area contributed by atoms with E-state index in [4.69, 9.17) is 9.47 Å². The van der Waals surface area contributed by atoms with E-state index in [-0.39, 0.29) is 17.3 Å². The molecular weight excluding hydrogens is 264 g/mol. The molecule has 0 saturated heterocycles. The first-order valence-corrected chi connectivity index (χ1v) is 7.85. The summed E-state index contributed by atoms with van der Waals surface area (Å²) >= 11 is 0. The Hall–Kier alpha value is -1.51. The van der Waals surface area contributed by atoms with Crippen LogP contribution < -0.4 is 4.74 Å². The topological polar surface area (TPSA) is 35.5 Å². The molecule has 21 heavy (non-hydrogen) atoms. The number of benzene rings is 1. The van der Waals surface area contributed by atoms with Crippen LogP contribution in [0.15, 0.2) is 18.2 Å². The van der Waals surface area contributed by atoms with Gasteiger partial charge < -0.3 is 9.47 Å². The van der Waals surface area contributed by atoms with Gasteiger partial charge in [0.05, 0.1) is 20.1 Å². The van der Waals surface area contributed by atoms with E-state index in [1.165, 1.54) is 18.2 Å². The van der Waals surface area contributed by atoms with Crippen molar-refractivity contribution in [1.29, 1.82) is 0 Å². The van der Waals surface area contributed by atoms with Crippen LogP contribution in [0.2, 0.25) is 0 Å². The summed E-state index contributed by atoms with van der Waals surface area (Å²) in [5.74, 6) is 1.32. The fourth-order valence-electron chi connectivity index (χ4n) is 4.55. The number of carbonyl (C=O) groups is 1. The lowest BCUT2D eigenvalue weighted by atomic mass is 9.55. The first-order valence-electron chi connectivity index (χ1n) is 7.85. The third-order valence-electron chi connectivity index (χ3n) is 5.68. The molecule has 3 nitrogen and oxygen atoms in total. The van der Waals surface area contributed by atoms with Gasteiger partial charge in [-0.2, -0.15) is 0 Å². The normalized spacial score (nSPS) is 31.0. The zero-order valence-electron chi connectivity index (χ0n) is 13.1. The van der Waals surface area contributed by atoms with Crippen molar-refractivity contribution >= 4 is 5.97 Å². The molecule has 0 aliphatic heterocycles. The van der Waals surface area contributed by atoms with Gasteiger partial charge in [-0.25, -0.2) is 0 Å². The maximum Gasteiger partial charge on any atom is 0.308 e. The van der Waals surface area contributed by atoms with E-state index in [2.05, 4.69) is 19.1 Å². The Balaban J connectivity index is 2.03. The van der Waals surface area contributed by atoms with Gasteiger partial charge in [0.15, 0.2) is 0 Å². The third kappa shape index (κ3) is 2.23. The smallest absolute Gasteiger partial charge is 0.308 e. The highest BCUT2D eigenvalue weighted by molar-refractivity contribution is 5.73. The molecule has 0 N–H and O–H groups in total. The Morgan fingerprint density at radius 3 is 2.81 bits per heavy atom. The predicted molar refractivity (Wildman–Crippen MR) is 81.5 cm³/mol. The number of hydrogen-bond donors (Lipinski definition) is 0. The second-order valence-electron chi connectivity index (χ2n) is 6.61. The van der Waals surface area contributed by atoms with Crippen LogP contribution in [0.3, 0.4) is 0 Å². The average molecular weight is 288 g/mol. The number of esters is 1. The summed E-state index contributed by atoms with van der Waals surface area (Å²) in [6.07, 6.45) is 5.32. The lowest BCUT2D eigenvalue weighted by molar-refractivity contribution is -0.150. The third-order valence-corrected chi connectivity index (χ3v) is 5.68. The van der Waals surface area contributed by atoms with Gasteiger partial charge in [-0.15, -0.1) is 0 Å². The van der Waals surface area contributed by atoms with Gasteiger partial charge in [0.2, 0.25) is 0 Å². The summed E-state index contributed by atoms with van der Waals surface area (Å²) in [6.45, 7) is 2.32. The Morgan fingerprint density at radius 1 is 1.29 bits per heavy atom. The van der Waals surface area contributed by atoms with Gasteiger partial charge in [0.25, 0.3) is 0 Å². The summed E-state index contributed by atoms with van der Waals surface area (Å²) in [5.41, 5.74) is 2.87. The van der Waals surface area contributed by atoms with Crippen molar-refractivity contribution in [2.75, 3.05) is 14.2 Å². The summed E-state index contributed by atoms with van der Waals surface area (Å²) in [5, 5.41) is 0. The predicted octanol–water partition coefficient (Wildman–Crippen LogP) is 3.49. The Labute approximate surface area is 126 Å². The standard InChI is InChI=1S/C18H24O3/c1-18-10-4-5-14(17(19)21-3)15(18)9-7-12-6-8-13(20-2)11-16(12)18/h6,8,11,14-15H,4-5,7,9-10H2,1-3H3/t14-,15+,18-/m1/s1. The monoisotopic (exact) mass is 288 g/mol. The minimum Gasteiger partial charge on any atom is -0.497 e. The highest BCUT2D eigenvalue weighted by Crippen LogP contribution is 2.52. The minimum atomic E-state index is -0.0303. The fraction of sp³-hybridized carbons (Fsp3) is 0.611. The number of carbonyl (C=O) groups excluding carboxylic acids is 1. The van der Waals surface area contributed by atoms with E-state index in [0.29, 0.717) is 5.92 Å². The van der Waals surface area contributed by atoms with E-state index in [1.54, 1.807) is 7.11 Å². The summed E-state index contributed by atoms with van der Waals surface area (Å²) in [7, 11) is 3.22. The lowest BCUT2D eigenvalue weighted by Crippen LogP contribution is -2.46. The van der Waals surface area contributed by atoms with Crippen molar-refractivity contribution in [2.24, 2.45) is 11.8 Å². The molecule has 0 unspecified atom stereocenters. The largest absolute Gasteiger partial charge is 0.497 e. The van der Waals surface area contributed by atoms with Crippen molar-refractivity contribution in [3.05, 3.63) is 29.3 Å². The average Bonchev–Trinajstić information content (AvgIpc) is 2.52. The zero-order valence-corrected chi connectivity index (χ0v) is 13.1. The van der Waals surface area contributed by atoms with Crippen LogP contribution in [0, 0.1) is 11.8 Å². The highest BCUT2D eigenvalue weighted by Gasteiger charge is 2.48. The van der Waals surface area contributed by atoms with Crippen LogP contribution in [0.4, 0.5) is 0 Å². The molecule has 3 atom stereocenters. The maximum atomic E-state index is 12.2. The quantitative estimate of drug-likeness (QED) is 0.781. The van der Waals surface area contributed by atoms with Crippen LogP contribution in [0.1, 0.15) is 43.7 Å². The van der Waals surface area contributed by atoms with Gasteiger partial charge in [-0.3, -0.25) is 4.79 Å². The second kappa shape index (κ2) is 5.36. The first-order chi connectivity index (χ1) is 10.1. The number of rotatable bonds is 2. The van der Waals surface area contributed by atoms with Crippen LogP contribution in [0.5, 0.6) is 5.75 Å². The van der Waals surface area contributed by atoms with Gasteiger partial charge in [0.1, 0.15) is 5.75 Å². The van der Waals surface area contributed by atoms with Crippen LogP contribution in [0.25, 0.3) is 0 Å². The molecule has 114 valence electrons. The number of methoxy groups -OCH3 is 2. The van der Waals surface area contributed by atoms with Crippen molar-refractivity contribution in [3.63, 3.8) is 0 Å². The molecule has 0 heterocycles. The zero-order chi connectivity index (χ0) is 15.0. The molecule has 2 aliphatic carbocycles. The minimum absolute atomic E-state index is 0.0303. The summed E-state index contributed by atoms with van der Waals surface area (Å²) in [4.78, 5) is 12.2. The molecule has 1 aromatic carbocycles. The van der Waals surface area contributed by atoms with Crippen LogP contribution in [-0.2, 0) is 21.4 Å². The van der Waals surface area contributed by atoms with E-state index >= 15 is 0 Å². The Kier molecular flexibility index (Phi) is 3.68. The molecule has 2 aliphatic rings.